The molecule has 4 rings (SSSR count). The molecule has 1 aliphatic heterocycles. The zero-order valence-electron chi connectivity index (χ0n) is 19.4. The molecule has 0 aromatic carbocycles. The minimum atomic E-state index is -3.02. The highest BCUT2D eigenvalue weighted by Crippen LogP contribution is 2.43. The van der Waals surface area contributed by atoms with E-state index in [1.165, 1.54) is 6.21 Å². The molecule has 0 radical (unpaired) electrons. The lowest BCUT2D eigenvalue weighted by atomic mass is 9.74. The summed E-state index contributed by atoms with van der Waals surface area (Å²) in [5, 5.41) is 29.8. The Labute approximate surface area is 197 Å². The summed E-state index contributed by atoms with van der Waals surface area (Å²) < 4.78 is 31.9. The number of aromatic nitrogens is 3. The summed E-state index contributed by atoms with van der Waals surface area (Å²) in [6.45, 7) is 4.63. The molecule has 1 aliphatic carbocycles. The van der Waals surface area contributed by atoms with Crippen molar-refractivity contribution >= 4 is 23.7 Å². The fraction of sp³-hybridized carbons (Fsp3) is 0.542. The molecule has 182 valence electrons. The highest BCUT2D eigenvalue weighted by Gasteiger charge is 2.38. The van der Waals surface area contributed by atoms with Crippen LogP contribution >= 0.6 is 0 Å². The van der Waals surface area contributed by atoms with Crippen molar-refractivity contribution in [3.63, 3.8) is 0 Å². The number of alkyl halides is 2. The van der Waals surface area contributed by atoms with Gasteiger partial charge in [0.1, 0.15) is 17.5 Å². The Morgan fingerprint density at radius 3 is 2.79 bits per heavy atom. The van der Waals surface area contributed by atoms with Gasteiger partial charge in [0.05, 0.1) is 31.1 Å². The van der Waals surface area contributed by atoms with Gasteiger partial charge in [-0.2, -0.15) is 13.9 Å². The average molecular weight is 473 g/mol. The molecule has 34 heavy (non-hydrogen) atoms. The number of aliphatic hydroxyl groups is 1. The van der Waals surface area contributed by atoms with Crippen LogP contribution in [0.2, 0.25) is 0 Å². The van der Waals surface area contributed by atoms with Gasteiger partial charge in [-0.15, -0.1) is 0 Å². The predicted molar refractivity (Wildman–Crippen MR) is 126 cm³/mol. The molecule has 0 amide bonds. The SMILES string of the molecule is C[C@@H]1COCCN1c1cc(C2(O)CCC(C#CC(C)(F)F)CC2)c(C=N)c(Nc2ccn[nH]2)n1. The molecule has 0 unspecified atom stereocenters. The Kier molecular flexibility index (Phi) is 6.86. The maximum Gasteiger partial charge on any atom is 0.305 e. The number of pyridine rings is 1. The molecular weight excluding hydrogens is 442 g/mol. The van der Waals surface area contributed by atoms with Gasteiger partial charge >= 0.3 is 5.92 Å². The van der Waals surface area contributed by atoms with Crippen molar-refractivity contribution in [3.8, 4) is 11.8 Å². The van der Waals surface area contributed by atoms with E-state index in [1.54, 1.807) is 12.3 Å². The normalized spacial score (nSPS) is 25.4. The summed E-state index contributed by atoms with van der Waals surface area (Å²) >= 11 is 0. The van der Waals surface area contributed by atoms with Gasteiger partial charge in [0.2, 0.25) is 0 Å². The standard InChI is InChI=1S/C24H30F2N6O2/c1-16-15-34-12-11-32(16)21-13-19(18(14-27)22(30-21)29-20-6-10-28-31-20)24(33)8-4-17(5-9-24)3-7-23(2,25)26/h6,10,13-14,16-17,27,33H,4-5,8-9,11-12,15H2,1-2H3,(H2,28,29,30,31)/t16-,17?,24?/m1/s1. The van der Waals surface area contributed by atoms with Crippen LogP contribution in [0.5, 0.6) is 0 Å². The van der Waals surface area contributed by atoms with Crippen LogP contribution in [-0.4, -0.2) is 58.2 Å². The van der Waals surface area contributed by atoms with Crippen molar-refractivity contribution in [3.05, 3.63) is 29.5 Å². The summed E-state index contributed by atoms with van der Waals surface area (Å²) in [5.74, 6) is 3.21. The second-order valence-electron chi connectivity index (χ2n) is 9.11. The Balaban J connectivity index is 1.70. The second kappa shape index (κ2) is 9.68. The van der Waals surface area contributed by atoms with Crippen LogP contribution in [0.25, 0.3) is 0 Å². The number of halogens is 2. The molecule has 0 spiro atoms. The first-order valence-corrected chi connectivity index (χ1v) is 11.5. The number of ether oxygens (including phenoxy) is 1. The smallest absolute Gasteiger partial charge is 0.305 e. The third kappa shape index (κ3) is 5.37. The van der Waals surface area contributed by atoms with E-state index in [1.807, 2.05) is 12.0 Å². The Morgan fingerprint density at radius 1 is 1.41 bits per heavy atom. The maximum absolute atomic E-state index is 13.2. The van der Waals surface area contributed by atoms with Gasteiger partial charge in [-0.05, 0) is 50.2 Å². The number of H-pyrrole nitrogens is 1. The van der Waals surface area contributed by atoms with Gasteiger partial charge in [0.15, 0.2) is 0 Å². The molecule has 1 saturated carbocycles. The second-order valence-corrected chi connectivity index (χ2v) is 9.11. The fourth-order valence-corrected chi connectivity index (χ4v) is 4.57. The Morgan fingerprint density at radius 2 is 2.18 bits per heavy atom. The van der Waals surface area contributed by atoms with E-state index in [0.29, 0.717) is 74.0 Å². The number of anilines is 3. The van der Waals surface area contributed by atoms with E-state index in [4.69, 9.17) is 15.1 Å². The van der Waals surface area contributed by atoms with Crippen molar-refractivity contribution in [1.82, 2.24) is 15.2 Å². The average Bonchev–Trinajstić information content (AvgIpc) is 3.31. The summed E-state index contributed by atoms with van der Waals surface area (Å²) in [4.78, 5) is 6.92. The molecule has 3 heterocycles. The van der Waals surface area contributed by atoms with Gasteiger partial charge in [0.25, 0.3) is 0 Å². The number of hydrogen-bond donors (Lipinski definition) is 4. The predicted octanol–water partition coefficient (Wildman–Crippen LogP) is 3.81. The molecule has 0 bridgehead atoms. The van der Waals surface area contributed by atoms with Crippen LogP contribution in [0, 0.1) is 23.2 Å². The van der Waals surface area contributed by atoms with Crippen molar-refractivity contribution in [2.45, 2.75) is 57.1 Å². The van der Waals surface area contributed by atoms with E-state index in [2.05, 4.69) is 33.3 Å². The largest absolute Gasteiger partial charge is 0.385 e. The number of rotatable bonds is 5. The zero-order chi connectivity index (χ0) is 24.3. The van der Waals surface area contributed by atoms with Gasteiger partial charge in [0, 0.05) is 37.2 Å². The lowest BCUT2D eigenvalue weighted by molar-refractivity contribution is -0.00812. The van der Waals surface area contributed by atoms with E-state index in [9.17, 15) is 13.9 Å². The highest BCUT2D eigenvalue weighted by atomic mass is 19.3. The van der Waals surface area contributed by atoms with E-state index in [-0.39, 0.29) is 12.0 Å². The Hall–Kier alpha value is -3.03. The molecule has 8 nitrogen and oxygen atoms in total. The first-order chi connectivity index (χ1) is 16.2. The minimum Gasteiger partial charge on any atom is -0.385 e. The minimum absolute atomic E-state index is 0.0938. The fourth-order valence-electron chi connectivity index (χ4n) is 4.57. The maximum atomic E-state index is 13.2. The first-order valence-electron chi connectivity index (χ1n) is 11.5. The summed E-state index contributed by atoms with van der Waals surface area (Å²) in [6.07, 6.45) is 4.49. The Bertz CT molecular complexity index is 1070. The molecule has 10 heteroatoms. The van der Waals surface area contributed by atoms with Gasteiger partial charge < -0.3 is 25.5 Å². The number of morpholine rings is 1. The molecule has 1 saturated heterocycles. The summed E-state index contributed by atoms with van der Waals surface area (Å²) in [7, 11) is 0. The molecule has 1 atom stereocenters. The van der Waals surface area contributed by atoms with Crippen LogP contribution in [0.4, 0.5) is 26.2 Å². The van der Waals surface area contributed by atoms with Crippen molar-refractivity contribution < 1.29 is 18.6 Å². The van der Waals surface area contributed by atoms with Crippen LogP contribution < -0.4 is 10.2 Å². The topological polar surface area (TPSA) is 110 Å². The quantitative estimate of drug-likeness (QED) is 0.389. The van der Waals surface area contributed by atoms with E-state index in [0.717, 1.165) is 6.92 Å². The van der Waals surface area contributed by atoms with Crippen LogP contribution in [0.1, 0.15) is 50.7 Å². The van der Waals surface area contributed by atoms with Crippen LogP contribution in [-0.2, 0) is 10.3 Å². The number of nitrogens with zero attached hydrogens (tertiary/aromatic N) is 3. The molecule has 2 aromatic rings. The van der Waals surface area contributed by atoms with Crippen molar-refractivity contribution in [2.24, 2.45) is 5.92 Å². The molecule has 2 aromatic heterocycles. The van der Waals surface area contributed by atoms with Crippen LogP contribution in [0.15, 0.2) is 18.3 Å². The number of nitrogens with one attached hydrogen (secondary N) is 3. The molecule has 2 aliphatic rings. The van der Waals surface area contributed by atoms with Gasteiger partial charge in [-0.1, -0.05) is 5.92 Å². The van der Waals surface area contributed by atoms with E-state index >= 15 is 0 Å². The lowest BCUT2D eigenvalue weighted by Gasteiger charge is -2.38. The van der Waals surface area contributed by atoms with Gasteiger partial charge in [-0.3, -0.25) is 5.10 Å². The summed E-state index contributed by atoms with van der Waals surface area (Å²) in [6, 6.07) is 3.70. The molecule has 4 N–H and O–H groups in total. The van der Waals surface area contributed by atoms with Crippen molar-refractivity contribution in [1.29, 1.82) is 5.41 Å². The summed E-state index contributed by atoms with van der Waals surface area (Å²) in [5.41, 5.74) is -0.149. The third-order valence-corrected chi connectivity index (χ3v) is 6.42. The molecule has 2 fully saturated rings. The van der Waals surface area contributed by atoms with Crippen LogP contribution in [0.3, 0.4) is 0 Å². The monoisotopic (exact) mass is 472 g/mol. The zero-order valence-corrected chi connectivity index (χ0v) is 19.4. The first kappa shape index (κ1) is 24.1. The number of aromatic amines is 1. The van der Waals surface area contributed by atoms with E-state index < -0.39 is 11.5 Å². The van der Waals surface area contributed by atoms with Gasteiger partial charge in [-0.25, -0.2) is 4.98 Å². The van der Waals surface area contributed by atoms with Crippen molar-refractivity contribution in [2.75, 3.05) is 30.0 Å². The number of hydrogen-bond acceptors (Lipinski definition) is 7. The third-order valence-electron chi connectivity index (χ3n) is 6.42. The highest BCUT2D eigenvalue weighted by molar-refractivity contribution is 5.89. The molecular formula is C24H30F2N6O2. The lowest BCUT2D eigenvalue weighted by Crippen LogP contribution is -2.44.